The second-order valence-corrected chi connectivity index (χ2v) is 3.61. The molecule has 1 rings (SSSR count). The zero-order chi connectivity index (χ0) is 11.6. The second kappa shape index (κ2) is 4.13. The Kier molecular flexibility index (Phi) is 3.27. The van der Waals surface area contributed by atoms with Crippen LogP contribution >= 0.6 is 0 Å². The maximum absolute atomic E-state index is 12.4. The van der Waals surface area contributed by atoms with Gasteiger partial charge in [-0.05, 0) is 23.6 Å². The summed E-state index contributed by atoms with van der Waals surface area (Å²) in [7, 11) is 1.38. The summed E-state index contributed by atoms with van der Waals surface area (Å²) in [5.74, 6) is 0.432. The van der Waals surface area contributed by atoms with Crippen LogP contribution in [-0.2, 0) is 6.18 Å². The minimum atomic E-state index is -4.32. The Bertz CT molecular complexity index is 342. The van der Waals surface area contributed by atoms with Gasteiger partial charge >= 0.3 is 6.18 Å². The molecule has 0 atom stereocenters. The zero-order valence-corrected chi connectivity index (χ0v) is 8.85. The average Bonchev–Trinajstić information content (AvgIpc) is 2.15. The van der Waals surface area contributed by atoms with Crippen LogP contribution < -0.4 is 4.74 Å². The molecule has 15 heavy (non-hydrogen) atoms. The summed E-state index contributed by atoms with van der Waals surface area (Å²) in [6, 6.07) is 3.58. The first kappa shape index (κ1) is 11.9. The summed E-state index contributed by atoms with van der Waals surface area (Å²) in [5, 5.41) is 0. The SMILES string of the molecule is COc1cc(C(F)(F)F)ccc1C(C)C. The first-order valence-corrected chi connectivity index (χ1v) is 4.61. The molecule has 0 aliphatic heterocycles. The van der Waals surface area contributed by atoms with Gasteiger partial charge in [0.15, 0.2) is 0 Å². The number of rotatable bonds is 2. The molecule has 0 fully saturated rings. The van der Waals surface area contributed by atoms with Gasteiger partial charge in [0.25, 0.3) is 0 Å². The number of benzene rings is 1. The summed E-state index contributed by atoms with van der Waals surface area (Å²) < 4.78 is 42.1. The molecule has 0 aliphatic rings. The molecule has 0 spiro atoms. The van der Waals surface area contributed by atoms with Crippen LogP contribution in [0.15, 0.2) is 18.2 Å². The molecular formula is C11H13F3O. The van der Waals surface area contributed by atoms with E-state index in [-0.39, 0.29) is 5.92 Å². The van der Waals surface area contributed by atoms with Gasteiger partial charge < -0.3 is 4.74 Å². The van der Waals surface area contributed by atoms with Gasteiger partial charge in [0.2, 0.25) is 0 Å². The third kappa shape index (κ3) is 2.64. The maximum atomic E-state index is 12.4. The summed E-state index contributed by atoms with van der Waals surface area (Å²) in [6.45, 7) is 3.82. The summed E-state index contributed by atoms with van der Waals surface area (Å²) in [5.41, 5.74) is 0.106. The first-order valence-electron chi connectivity index (χ1n) is 4.61. The molecule has 0 aliphatic carbocycles. The Morgan fingerprint density at radius 1 is 1.20 bits per heavy atom. The lowest BCUT2D eigenvalue weighted by atomic mass is 10.00. The van der Waals surface area contributed by atoms with Crippen molar-refractivity contribution in [2.24, 2.45) is 0 Å². The predicted molar refractivity (Wildman–Crippen MR) is 52.1 cm³/mol. The lowest BCUT2D eigenvalue weighted by molar-refractivity contribution is -0.137. The Morgan fingerprint density at radius 2 is 1.80 bits per heavy atom. The van der Waals surface area contributed by atoms with Crippen molar-refractivity contribution in [2.75, 3.05) is 7.11 Å². The third-order valence-electron chi connectivity index (χ3n) is 2.18. The van der Waals surface area contributed by atoms with Crippen molar-refractivity contribution >= 4 is 0 Å². The van der Waals surface area contributed by atoms with Gasteiger partial charge in [-0.25, -0.2) is 0 Å². The molecule has 0 aromatic heterocycles. The number of alkyl halides is 3. The van der Waals surface area contributed by atoms with E-state index >= 15 is 0 Å². The quantitative estimate of drug-likeness (QED) is 0.732. The van der Waals surface area contributed by atoms with Crippen LogP contribution in [0.25, 0.3) is 0 Å². The van der Waals surface area contributed by atoms with Crippen LogP contribution in [0.1, 0.15) is 30.9 Å². The summed E-state index contributed by atoms with van der Waals surface area (Å²) in [4.78, 5) is 0. The fourth-order valence-corrected chi connectivity index (χ4v) is 1.36. The minimum Gasteiger partial charge on any atom is -0.496 e. The van der Waals surface area contributed by atoms with E-state index in [1.807, 2.05) is 13.8 Å². The van der Waals surface area contributed by atoms with E-state index in [0.717, 1.165) is 17.7 Å². The van der Waals surface area contributed by atoms with E-state index in [4.69, 9.17) is 4.74 Å². The van der Waals surface area contributed by atoms with Crippen LogP contribution in [0.3, 0.4) is 0 Å². The highest BCUT2D eigenvalue weighted by Gasteiger charge is 2.31. The minimum absolute atomic E-state index is 0.141. The number of ether oxygens (including phenoxy) is 1. The van der Waals surface area contributed by atoms with E-state index < -0.39 is 11.7 Å². The van der Waals surface area contributed by atoms with Crippen LogP contribution in [-0.4, -0.2) is 7.11 Å². The number of hydrogen-bond donors (Lipinski definition) is 0. The van der Waals surface area contributed by atoms with Gasteiger partial charge in [0.1, 0.15) is 5.75 Å². The maximum Gasteiger partial charge on any atom is 0.416 e. The van der Waals surface area contributed by atoms with Gasteiger partial charge in [-0.2, -0.15) is 13.2 Å². The van der Waals surface area contributed by atoms with Crippen molar-refractivity contribution in [3.63, 3.8) is 0 Å². The smallest absolute Gasteiger partial charge is 0.416 e. The zero-order valence-electron chi connectivity index (χ0n) is 8.85. The lowest BCUT2D eigenvalue weighted by Gasteiger charge is -2.14. The van der Waals surface area contributed by atoms with Gasteiger partial charge in [0.05, 0.1) is 12.7 Å². The fourth-order valence-electron chi connectivity index (χ4n) is 1.36. The normalized spacial score (nSPS) is 11.9. The van der Waals surface area contributed by atoms with E-state index in [0.29, 0.717) is 5.75 Å². The Labute approximate surface area is 86.9 Å². The molecule has 0 amide bonds. The van der Waals surface area contributed by atoms with Crippen LogP contribution in [0, 0.1) is 0 Å². The molecule has 0 unspecified atom stereocenters. The van der Waals surface area contributed by atoms with Crippen LogP contribution in [0.2, 0.25) is 0 Å². The van der Waals surface area contributed by atoms with Crippen molar-refractivity contribution in [1.82, 2.24) is 0 Å². The summed E-state index contributed by atoms with van der Waals surface area (Å²) >= 11 is 0. The monoisotopic (exact) mass is 218 g/mol. The van der Waals surface area contributed by atoms with Crippen molar-refractivity contribution in [2.45, 2.75) is 25.9 Å². The van der Waals surface area contributed by atoms with Gasteiger partial charge in [0, 0.05) is 0 Å². The molecule has 0 saturated carbocycles. The number of hydrogen-bond acceptors (Lipinski definition) is 1. The van der Waals surface area contributed by atoms with Crippen molar-refractivity contribution < 1.29 is 17.9 Å². The number of halogens is 3. The topological polar surface area (TPSA) is 9.23 Å². The van der Waals surface area contributed by atoms with E-state index in [2.05, 4.69) is 0 Å². The lowest BCUT2D eigenvalue weighted by Crippen LogP contribution is -2.06. The van der Waals surface area contributed by atoms with Crippen molar-refractivity contribution in [3.05, 3.63) is 29.3 Å². The molecule has 1 aromatic carbocycles. The first-order chi connectivity index (χ1) is 6.86. The van der Waals surface area contributed by atoms with Gasteiger partial charge in [-0.15, -0.1) is 0 Å². The fraction of sp³-hybridized carbons (Fsp3) is 0.455. The standard InChI is InChI=1S/C11H13F3O/c1-7(2)9-5-4-8(11(12,13)14)6-10(9)15-3/h4-7H,1-3H3. The van der Waals surface area contributed by atoms with Crippen molar-refractivity contribution in [3.8, 4) is 5.75 Å². The molecular weight excluding hydrogens is 205 g/mol. The molecule has 0 saturated heterocycles. The third-order valence-corrected chi connectivity index (χ3v) is 2.18. The molecule has 0 bridgehead atoms. The molecule has 1 aromatic rings. The average molecular weight is 218 g/mol. The van der Waals surface area contributed by atoms with Gasteiger partial charge in [-0.1, -0.05) is 19.9 Å². The summed E-state index contributed by atoms with van der Waals surface area (Å²) in [6.07, 6.45) is -4.32. The molecule has 84 valence electrons. The largest absolute Gasteiger partial charge is 0.496 e. The molecule has 4 heteroatoms. The van der Waals surface area contributed by atoms with Crippen LogP contribution in [0.5, 0.6) is 5.75 Å². The highest BCUT2D eigenvalue weighted by atomic mass is 19.4. The van der Waals surface area contributed by atoms with E-state index in [9.17, 15) is 13.2 Å². The second-order valence-electron chi connectivity index (χ2n) is 3.61. The van der Waals surface area contributed by atoms with E-state index in [1.54, 1.807) is 0 Å². The highest BCUT2D eigenvalue weighted by molar-refractivity contribution is 5.40. The van der Waals surface area contributed by atoms with Crippen molar-refractivity contribution in [1.29, 1.82) is 0 Å². The predicted octanol–water partition coefficient (Wildman–Crippen LogP) is 3.84. The molecule has 0 heterocycles. The van der Waals surface area contributed by atoms with Crippen LogP contribution in [0.4, 0.5) is 13.2 Å². The number of methoxy groups -OCH3 is 1. The Balaban J connectivity index is 3.19. The Hall–Kier alpha value is -1.19. The van der Waals surface area contributed by atoms with E-state index in [1.165, 1.54) is 13.2 Å². The Morgan fingerprint density at radius 3 is 2.20 bits per heavy atom. The highest BCUT2D eigenvalue weighted by Crippen LogP contribution is 2.35. The molecule has 0 radical (unpaired) electrons. The molecule has 1 nitrogen and oxygen atoms in total. The van der Waals surface area contributed by atoms with Gasteiger partial charge in [-0.3, -0.25) is 0 Å². The molecule has 0 N–H and O–H groups in total.